The molecule has 0 fully saturated rings. The zero-order valence-corrected chi connectivity index (χ0v) is 29.9. The van der Waals surface area contributed by atoms with Crippen LogP contribution in [-0.4, -0.2) is 79.2 Å². The van der Waals surface area contributed by atoms with Crippen LogP contribution in [-0.2, 0) is 41.6 Å². The van der Waals surface area contributed by atoms with E-state index < -0.39 is 53.5 Å². The lowest BCUT2D eigenvalue weighted by atomic mass is 9.90. The van der Waals surface area contributed by atoms with E-state index in [1.807, 2.05) is 13.8 Å². The molecule has 0 radical (unpaired) electrons. The van der Waals surface area contributed by atoms with E-state index in [0.29, 0.717) is 23.6 Å². The Labute approximate surface area is 288 Å². The first-order valence-corrected chi connectivity index (χ1v) is 16.4. The third-order valence-electron chi connectivity index (χ3n) is 8.23. The topological polar surface area (TPSA) is 162 Å². The van der Waals surface area contributed by atoms with Crippen molar-refractivity contribution in [3.05, 3.63) is 53.6 Å². The van der Waals surface area contributed by atoms with Gasteiger partial charge >= 0.3 is 12.1 Å². The maximum Gasteiger partial charge on any atom is 0.408 e. The predicted octanol–water partition coefficient (Wildman–Crippen LogP) is 4.22. The van der Waals surface area contributed by atoms with Crippen molar-refractivity contribution in [3.8, 4) is 11.5 Å². The van der Waals surface area contributed by atoms with Crippen LogP contribution in [0.1, 0.15) is 66.0 Å². The van der Waals surface area contributed by atoms with Crippen molar-refractivity contribution in [2.24, 2.45) is 11.8 Å². The number of benzene rings is 2. The highest BCUT2D eigenvalue weighted by atomic mass is 16.6. The average molecular weight is 683 g/mol. The summed E-state index contributed by atoms with van der Waals surface area (Å²) in [6, 6.07) is 9.15. The summed E-state index contributed by atoms with van der Waals surface area (Å²) < 4.78 is 20.9. The minimum atomic E-state index is -1.02. The Kier molecular flexibility index (Phi) is 13.4. The summed E-state index contributed by atoms with van der Waals surface area (Å²) in [5, 5.41) is 8.44. The number of nitrogens with one attached hydrogen (secondary N) is 3. The van der Waals surface area contributed by atoms with E-state index in [4.69, 9.17) is 14.2 Å². The Morgan fingerprint density at radius 1 is 0.898 bits per heavy atom. The summed E-state index contributed by atoms with van der Waals surface area (Å²) in [5.74, 6) is -1.58. The fourth-order valence-corrected chi connectivity index (χ4v) is 5.29. The predicted molar refractivity (Wildman–Crippen MR) is 183 cm³/mol. The molecule has 0 saturated carbocycles. The van der Waals surface area contributed by atoms with Gasteiger partial charge in [-0.1, -0.05) is 40.2 Å². The molecule has 13 heteroatoms. The summed E-state index contributed by atoms with van der Waals surface area (Å²) in [5.41, 5.74) is 1.31. The molecule has 4 atom stereocenters. The maximum atomic E-state index is 14.5. The van der Waals surface area contributed by atoms with Gasteiger partial charge in [0, 0.05) is 18.7 Å². The molecule has 1 aliphatic heterocycles. The molecule has 1 aliphatic rings. The van der Waals surface area contributed by atoms with E-state index in [2.05, 4.69) is 20.7 Å². The molecule has 2 aromatic rings. The number of anilines is 1. The highest BCUT2D eigenvalue weighted by Gasteiger charge is 2.41. The van der Waals surface area contributed by atoms with Crippen molar-refractivity contribution in [2.45, 2.75) is 91.6 Å². The van der Waals surface area contributed by atoms with Crippen molar-refractivity contribution in [2.75, 3.05) is 26.1 Å². The molecule has 2 aromatic carbocycles. The molecule has 3 N–H and O–H groups in total. The van der Waals surface area contributed by atoms with E-state index in [-0.39, 0.29) is 31.4 Å². The fourth-order valence-electron chi connectivity index (χ4n) is 5.29. The van der Waals surface area contributed by atoms with Crippen molar-refractivity contribution in [1.29, 1.82) is 0 Å². The summed E-state index contributed by atoms with van der Waals surface area (Å²) in [6.45, 7) is 12.2. The van der Waals surface area contributed by atoms with Gasteiger partial charge in [0.15, 0.2) is 6.61 Å². The standard InChI is InChI=1S/C36H50N4O9/c1-10-22(4)31(38-33(43)30(21(2)3)39-35(45)49-36(5,6)7)34(44)40-19-24-17-27(48-20-29(41)47-9)14-11-23(24)18-28(40)32(42)37-25-12-15-26(46-8)16-13-25/h11-17,21-22,28,30-31H,10,18-20H2,1-9H3,(H,37,42)(H,38,43)(H,39,45)/t22-,28-,30-,31-/m0/s1. The second-order valence-corrected chi connectivity index (χ2v) is 13.4. The lowest BCUT2D eigenvalue weighted by Gasteiger charge is -2.39. The van der Waals surface area contributed by atoms with E-state index in [0.717, 1.165) is 11.1 Å². The fraction of sp³-hybridized carbons (Fsp3) is 0.528. The molecular weight excluding hydrogens is 632 g/mol. The number of carbonyl (C=O) groups is 5. The summed E-state index contributed by atoms with van der Waals surface area (Å²) >= 11 is 0. The van der Waals surface area contributed by atoms with E-state index in [9.17, 15) is 24.0 Å². The van der Waals surface area contributed by atoms with Gasteiger partial charge in [0.05, 0.1) is 14.2 Å². The summed E-state index contributed by atoms with van der Waals surface area (Å²) in [7, 11) is 2.81. The van der Waals surface area contributed by atoms with Crippen LogP contribution in [0.25, 0.3) is 0 Å². The van der Waals surface area contributed by atoms with Crippen molar-refractivity contribution in [1.82, 2.24) is 15.5 Å². The molecule has 0 unspecified atom stereocenters. The Balaban J connectivity index is 1.95. The van der Waals surface area contributed by atoms with Gasteiger partial charge in [-0.3, -0.25) is 14.4 Å². The first-order valence-electron chi connectivity index (χ1n) is 16.4. The summed E-state index contributed by atoms with van der Waals surface area (Å²) in [6.07, 6.45) is -0.0155. The van der Waals surface area contributed by atoms with Crippen molar-refractivity contribution >= 4 is 35.5 Å². The maximum absolute atomic E-state index is 14.5. The number of amides is 4. The number of methoxy groups -OCH3 is 2. The normalized spacial score (nSPS) is 16.0. The lowest BCUT2D eigenvalue weighted by molar-refractivity contribution is -0.144. The highest BCUT2D eigenvalue weighted by molar-refractivity contribution is 5.99. The Hall–Kier alpha value is -4.81. The van der Waals surface area contributed by atoms with Gasteiger partial charge in [-0.15, -0.1) is 0 Å². The molecule has 0 saturated heterocycles. The third kappa shape index (κ3) is 10.8. The first-order chi connectivity index (χ1) is 23.1. The number of carbonyl (C=O) groups excluding carboxylic acids is 5. The number of esters is 1. The van der Waals surface area contributed by atoms with Crippen LogP contribution >= 0.6 is 0 Å². The monoisotopic (exact) mass is 682 g/mol. The van der Waals surface area contributed by atoms with Gasteiger partial charge in [-0.25, -0.2) is 9.59 Å². The number of nitrogens with zero attached hydrogens (tertiary/aromatic N) is 1. The largest absolute Gasteiger partial charge is 0.497 e. The van der Waals surface area contributed by atoms with Crippen molar-refractivity contribution < 1.29 is 42.9 Å². The third-order valence-corrected chi connectivity index (χ3v) is 8.23. The van der Waals surface area contributed by atoms with Crippen LogP contribution in [0.5, 0.6) is 11.5 Å². The lowest BCUT2D eigenvalue weighted by Crippen LogP contribution is -2.61. The van der Waals surface area contributed by atoms with Gasteiger partial charge in [-0.2, -0.15) is 0 Å². The quantitative estimate of drug-likeness (QED) is 0.263. The number of rotatable bonds is 13. The molecule has 1 heterocycles. The van der Waals surface area contributed by atoms with Crippen LogP contribution < -0.4 is 25.4 Å². The number of hydrogen-bond donors (Lipinski definition) is 3. The molecule has 49 heavy (non-hydrogen) atoms. The highest BCUT2D eigenvalue weighted by Crippen LogP contribution is 2.30. The first kappa shape index (κ1) is 38.6. The second kappa shape index (κ2) is 17.0. The Bertz CT molecular complexity index is 1490. The SMILES string of the molecule is CC[C@H](C)[C@H](NC(=O)[C@@H](NC(=O)OC(C)(C)C)C(C)C)C(=O)N1Cc2cc(OCC(=O)OC)ccc2C[C@H]1C(=O)Nc1ccc(OC)cc1. The number of fused-ring (bicyclic) bond motifs is 1. The zero-order chi connectivity index (χ0) is 36.5. The van der Waals surface area contributed by atoms with Gasteiger partial charge in [0.25, 0.3) is 0 Å². The van der Waals surface area contributed by atoms with Crippen LogP contribution in [0, 0.1) is 11.8 Å². The molecule has 3 rings (SSSR count). The van der Waals surface area contributed by atoms with E-state index in [1.54, 1.807) is 84.2 Å². The average Bonchev–Trinajstić information content (AvgIpc) is 3.06. The minimum absolute atomic E-state index is 0.0386. The molecular formula is C36H50N4O9. The number of alkyl carbamates (subject to hydrolysis) is 1. The Morgan fingerprint density at radius 2 is 1.55 bits per heavy atom. The van der Waals surface area contributed by atoms with Crippen LogP contribution in [0.15, 0.2) is 42.5 Å². The molecule has 4 amide bonds. The zero-order valence-electron chi connectivity index (χ0n) is 29.9. The van der Waals surface area contributed by atoms with E-state index >= 15 is 0 Å². The summed E-state index contributed by atoms with van der Waals surface area (Å²) in [4.78, 5) is 67.9. The van der Waals surface area contributed by atoms with Gasteiger partial charge < -0.3 is 39.8 Å². The molecule has 0 aromatic heterocycles. The number of ether oxygens (including phenoxy) is 4. The van der Waals surface area contributed by atoms with Gasteiger partial charge in [0.2, 0.25) is 17.7 Å². The molecule has 0 aliphatic carbocycles. The number of hydrogen-bond acceptors (Lipinski definition) is 9. The van der Waals surface area contributed by atoms with Gasteiger partial charge in [-0.05, 0) is 80.1 Å². The smallest absolute Gasteiger partial charge is 0.408 e. The van der Waals surface area contributed by atoms with Crippen LogP contribution in [0.4, 0.5) is 10.5 Å². The Morgan fingerprint density at radius 3 is 2.12 bits per heavy atom. The van der Waals surface area contributed by atoms with Gasteiger partial charge in [0.1, 0.15) is 35.2 Å². The van der Waals surface area contributed by atoms with Crippen molar-refractivity contribution in [3.63, 3.8) is 0 Å². The minimum Gasteiger partial charge on any atom is -0.497 e. The molecule has 268 valence electrons. The molecule has 13 nitrogen and oxygen atoms in total. The second-order valence-electron chi connectivity index (χ2n) is 13.4. The molecule has 0 bridgehead atoms. The van der Waals surface area contributed by atoms with Crippen LogP contribution in [0.2, 0.25) is 0 Å². The van der Waals surface area contributed by atoms with E-state index in [1.165, 1.54) is 12.0 Å². The van der Waals surface area contributed by atoms with Crippen LogP contribution in [0.3, 0.4) is 0 Å². The molecule has 0 spiro atoms.